The number of esters is 1. The van der Waals surface area contributed by atoms with Gasteiger partial charge in [0.25, 0.3) is 0 Å². The normalized spacial score (nSPS) is 11.8. The molecule has 0 saturated carbocycles. The highest BCUT2D eigenvalue weighted by molar-refractivity contribution is 5.78. The molecule has 0 fully saturated rings. The van der Waals surface area contributed by atoms with Crippen molar-refractivity contribution in [1.82, 2.24) is 5.32 Å². The fraction of sp³-hybridized carbons (Fsp3) is 0.385. The van der Waals surface area contributed by atoms with Crippen LogP contribution in [0.3, 0.4) is 0 Å². The van der Waals surface area contributed by atoms with Crippen LogP contribution in [0.2, 0.25) is 0 Å². The van der Waals surface area contributed by atoms with Crippen molar-refractivity contribution in [2.75, 3.05) is 13.2 Å². The van der Waals surface area contributed by atoms with E-state index in [4.69, 9.17) is 10.5 Å². The molecule has 3 N–H and O–H groups in total. The van der Waals surface area contributed by atoms with E-state index in [9.17, 15) is 9.59 Å². The number of primary amides is 1. The number of benzene rings is 1. The summed E-state index contributed by atoms with van der Waals surface area (Å²) in [5.41, 5.74) is 5.86. The number of amides is 1. The summed E-state index contributed by atoms with van der Waals surface area (Å²) in [4.78, 5) is 22.5. The third-order valence-electron chi connectivity index (χ3n) is 2.38. The molecule has 0 heterocycles. The van der Waals surface area contributed by atoms with Crippen LogP contribution < -0.4 is 11.1 Å². The van der Waals surface area contributed by atoms with E-state index in [2.05, 4.69) is 5.32 Å². The maximum Gasteiger partial charge on any atom is 0.327 e. The summed E-state index contributed by atoms with van der Waals surface area (Å²) in [6.07, 6.45) is 0.183. The van der Waals surface area contributed by atoms with Crippen LogP contribution in [-0.4, -0.2) is 25.0 Å². The Labute approximate surface area is 106 Å². The summed E-state index contributed by atoms with van der Waals surface area (Å²) in [5.74, 6) is -0.758. The van der Waals surface area contributed by atoms with E-state index < -0.39 is 11.9 Å². The summed E-state index contributed by atoms with van der Waals surface area (Å²) < 4.78 is 5.00. The van der Waals surface area contributed by atoms with Gasteiger partial charge >= 0.3 is 5.97 Å². The molecule has 0 radical (unpaired) electrons. The highest BCUT2D eigenvalue weighted by Crippen LogP contribution is 2.14. The molecule has 1 unspecified atom stereocenters. The molecule has 0 spiro atoms. The lowest BCUT2D eigenvalue weighted by Crippen LogP contribution is -2.32. The van der Waals surface area contributed by atoms with Crippen molar-refractivity contribution in [3.8, 4) is 0 Å². The molecular formula is C13H18N2O3. The van der Waals surface area contributed by atoms with Crippen LogP contribution in [0.4, 0.5) is 0 Å². The first kappa shape index (κ1) is 14.2. The highest BCUT2D eigenvalue weighted by Gasteiger charge is 2.20. The summed E-state index contributed by atoms with van der Waals surface area (Å²) in [7, 11) is 0. The van der Waals surface area contributed by atoms with Gasteiger partial charge < -0.3 is 15.8 Å². The quantitative estimate of drug-likeness (QED) is 0.700. The molecule has 0 aromatic heterocycles. The van der Waals surface area contributed by atoms with E-state index in [-0.39, 0.29) is 12.4 Å². The van der Waals surface area contributed by atoms with Crippen LogP contribution in [0.15, 0.2) is 30.3 Å². The minimum atomic E-state index is -0.564. The number of hydrogen-bond acceptors (Lipinski definition) is 4. The van der Waals surface area contributed by atoms with Gasteiger partial charge in [0, 0.05) is 13.0 Å². The molecule has 1 aromatic carbocycles. The van der Waals surface area contributed by atoms with Crippen LogP contribution in [0.1, 0.15) is 24.9 Å². The van der Waals surface area contributed by atoms with Crippen LogP contribution in [0, 0.1) is 0 Å². The Kier molecular flexibility index (Phi) is 5.87. The molecule has 0 saturated heterocycles. The van der Waals surface area contributed by atoms with E-state index in [1.165, 1.54) is 0 Å². The molecule has 0 aliphatic heterocycles. The zero-order chi connectivity index (χ0) is 13.4. The smallest absolute Gasteiger partial charge is 0.327 e. The lowest BCUT2D eigenvalue weighted by molar-refractivity contribution is -0.146. The van der Waals surface area contributed by atoms with Gasteiger partial charge in [0.05, 0.1) is 6.61 Å². The first-order chi connectivity index (χ1) is 8.65. The Bertz CT molecular complexity index is 392. The zero-order valence-electron chi connectivity index (χ0n) is 10.4. The maximum atomic E-state index is 11.8. The second kappa shape index (κ2) is 7.45. The molecular weight excluding hydrogens is 232 g/mol. The SMILES string of the molecule is CCOC(=O)C(NCCC(N)=O)c1ccccc1. The molecule has 5 heteroatoms. The highest BCUT2D eigenvalue weighted by atomic mass is 16.5. The number of hydrogen-bond donors (Lipinski definition) is 2. The molecule has 1 rings (SSSR count). The number of ether oxygens (including phenoxy) is 1. The number of nitrogens with one attached hydrogen (secondary N) is 1. The predicted molar refractivity (Wildman–Crippen MR) is 67.6 cm³/mol. The second-order valence-electron chi connectivity index (χ2n) is 3.77. The van der Waals surface area contributed by atoms with Gasteiger partial charge in [0.1, 0.15) is 6.04 Å². The van der Waals surface area contributed by atoms with Crippen molar-refractivity contribution in [2.24, 2.45) is 5.73 Å². The van der Waals surface area contributed by atoms with Gasteiger partial charge in [-0.15, -0.1) is 0 Å². The lowest BCUT2D eigenvalue weighted by atomic mass is 10.1. The van der Waals surface area contributed by atoms with Crippen molar-refractivity contribution < 1.29 is 14.3 Å². The van der Waals surface area contributed by atoms with Crippen LogP contribution >= 0.6 is 0 Å². The van der Waals surface area contributed by atoms with Gasteiger partial charge in [-0.05, 0) is 12.5 Å². The van der Waals surface area contributed by atoms with Crippen molar-refractivity contribution in [2.45, 2.75) is 19.4 Å². The van der Waals surface area contributed by atoms with Gasteiger partial charge in [-0.25, -0.2) is 4.79 Å². The van der Waals surface area contributed by atoms with Crippen LogP contribution in [-0.2, 0) is 14.3 Å². The van der Waals surface area contributed by atoms with Crippen LogP contribution in [0.5, 0.6) is 0 Å². The standard InChI is InChI=1S/C13H18N2O3/c1-2-18-13(17)12(15-9-8-11(14)16)10-6-4-3-5-7-10/h3-7,12,15H,2,8-9H2,1H3,(H2,14,16). The Morgan fingerprint density at radius 3 is 2.56 bits per heavy atom. The van der Waals surface area contributed by atoms with Crippen molar-refractivity contribution in [3.05, 3.63) is 35.9 Å². The third-order valence-corrected chi connectivity index (χ3v) is 2.38. The van der Waals surface area contributed by atoms with Gasteiger partial charge in [-0.2, -0.15) is 0 Å². The van der Waals surface area contributed by atoms with Gasteiger partial charge in [-0.1, -0.05) is 30.3 Å². The average molecular weight is 250 g/mol. The molecule has 0 bridgehead atoms. The summed E-state index contributed by atoms with van der Waals surface area (Å²) >= 11 is 0. The Hall–Kier alpha value is -1.88. The van der Waals surface area contributed by atoms with Gasteiger partial charge in [-0.3, -0.25) is 4.79 Å². The first-order valence-corrected chi connectivity index (χ1v) is 5.88. The predicted octanol–water partition coefficient (Wildman–Crippen LogP) is 0.756. The fourth-order valence-corrected chi connectivity index (χ4v) is 1.55. The number of rotatable bonds is 7. The average Bonchev–Trinajstić information content (AvgIpc) is 2.35. The van der Waals surface area contributed by atoms with Crippen LogP contribution in [0.25, 0.3) is 0 Å². The largest absolute Gasteiger partial charge is 0.465 e. The Balaban J connectivity index is 2.69. The van der Waals surface area contributed by atoms with E-state index in [0.717, 1.165) is 5.56 Å². The van der Waals surface area contributed by atoms with Gasteiger partial charge in [0.2, 0.25) is 5.91 Å². The van der Waals surface area contributed by atoms with Crippen molar-refractivity contribution >= 4 is 11.9 Å². The van der Waals surface area contributed by atoms with E-state index in [1.54, 1.807) is 6.92 Å². The van der Waals surface area contributed by atoms with E-state index in [1.807, 2.05) is 30.3 Å². The maximum absolute atomic E-state index is 11.8. The molecule has 1 aromatic rings. The van der Waals surface area contributed by atoms with Gasteiger partial charge in [0.15, 0.2) is 0 Å². The van der Waals surface area contributed by atoms with E-state index in [0.29, 0.717) is 13.2 Å². The molecule has 1 atom stereocenters. The molecule has 1 amide bonds. The lowest BCUT2D eigenvalue weighted by Gasteiger charge is -2.17. The Morgan fingerprint density at radius 1 is 1.33 bits per heavy atom. The summed E-state index contributed by atoms with van der Waals surface area (Å²) in [6.45, 7) is 2.41. The van der Waals surface area contributed by atoms with E-state index >= 15 is 0 Å². The molecule has 5 nitrogen and oxygen atoms in total. The molecule has 18 heavy (non-hydrogen) atoms. The minimum Gasteiger partial charge on any atom is -0.465 e. The molecule has 0 aliphatic rings. The monoisotopic (exact) mass is 250 g/mol. The summed E-state index contributed by atoms with van der Waals surface area (Å²) in [5, 5.41) is 2.98. The number of carbonyl (C=O) groups excluding carboxylic acids is 2. The topological polar surface area (TPSA) is 81.4 Å². The van der Waals surface area contributed by atoms with Crippen molar-refractivity contribution in [1.29, 1.82) is 0 Å². The number of nitrogens with two attached hydrogens (primary N) is 1. The Morgan fingerprint density at radius 2 is 2.00 bits per heavy atom. The molecule has 0 aliphatic carbocycles. The third kappa shape index (κ3) is 4.55. The number of carbonyl (C=O) groups is 2. The zero-order valence-corrected chi connectivity index (χ0v) is 10.4. The van der Waals surface area contributed by atoms with Crippen molar-refractivity contribution in [3.63, 3.8) is 0 Å². The first-order valence-electron chi connectivity index (χ1n) is 5.88. The summed E-state index contributed by atoms with van der Waals surface area (Å²) in [6, 6.07) is 8.66. The fourth-order valence-electron chi connectivity index (χ4n) is 1.55. The second-order valence-corrected chi connectivity index (χ2v) is 3.77. The molecule has 98 valence electrons. The minimum absolute atomic E-state index is 0.183.